The van der Waals surface area contributed by atoms with E-state index in [0.29, 0.717) is 53.1 Å². The first-order valence-electron chi connectivity index (χ1n) is 9.49. The van der Waals surface area contributed by atoms with Gasteiger partial charge in [-0.2, -0.15) is 0 Å². The van der Waals surface area contributed by atoms with Gasteiger partial charge in [0.15, 0.2) is 0 Å². The fourth-order valence-electron chi connectivity index (χ4n) is 2.88. The van der Waals surface area contributed by atoms with Crippen LogP contribution < -0.4 is 14.8 Å². The van der Waals surface area contributed by atoms with Crippen molar-refractivity contribution in [1.29, 1.82) is 0 Å². The number of nitrogens with zero attached hydrogens (tertiary/aromatic N) is 1. The Bertz CT molecular complexity index is 997. The van der Waals surface area contributed by atoms with Crippen molar-refractivity contribution >= 4 is 29.1 Å². The van der Waals surface area contributed by atoms with Crippen molar-refractivity contribution in [3.63, 3.8) is 0 Å². The molecule has 0 radical (unpaired) electrons. The molecule has 0 saturated heterocycles. The standard InChI is InChI=1S/C23H22Cl2N2O3/c1-29-19-7-8-20(23(28)27-12-9-18-4-2-3-11-26-18)22(15-19)30-13-10-16-5-6-17(24)14-21(16)25/h2-8,11,14-15H,9-10,12-13H2,1H3,(H,27,28). The predicted molar refractivity (Wildman–Crippen MR) is 119 cm³/mol. The van der Waals surface area contributed by atoms with E-state index in [2.05, 4.69) is 10.3 Å². The zero-order chi connectivity index (χ0) is 21.3. The minimum Gasteiger partial charge on any atom is -0.497 e. The van der Waals surface area contributed by atoms with Gasteiger partial charge in [0.2, 0.25) is 0 Å². The molecule has 2 aromatic carbocycles. The van der Waals surface area contributed by atoms with E-state index in [0.717, 1.165) is 11.3 Å². The number of hydrogen-bond donors (Lipinski definition) is 1. The van der Waals surface area contributed by atoms with Crippen molar-refractivity contribution in [3.05, 3.63) is 87.7 Å². The Hall–Kier alpha value is -2.76. The van der Waals surface area contributed by atoms with Gasteiger partial charge in [-0.1, -0.05) is 35.3 Å². The second-order valence-electron chi connectivity index (χ2n) is 6.52. The lowest BCUT2D eigenvalue weighted by atomic mass is 10.1. The van der Waals surface area contributed by atoms with Crippen LogP contribution in [0.1, 0.15) is 21.6 Å². The molecule has 0 aliphatic carbocycles. The van der Waals surface area contributed by atoms with E-state index in [1.165, 1.54) is 0 Å². The summed E-state index contributed by atoms with van der Waals surface area (Å²) in [5.41, 5.74) is 2.29. The topological polar surface area (TPSA) is 60.5 Å². The quantitative estimate of drug-likeness (QED) is 0.504. The second-order valence-corrected chi connectivity index (χ2v) is 7.37. The zero-order valence-corrected chi connectivity index (χ0v) is 18.0. The van der Waals surface area contributed by atoms with Crippen LogP contribution >= 0.6 is 23.2 Å². The molecule has 3 rings (SSSR count). The summed E-state index contributed by atoms with van der Waals surface area (Å²) in [7, 11) is 1.57. The summed E-state index contributed by atoms with van der Waals surface area (Å²) in [4.78, 5) is 17.0. The van der Waals surface area contributed by atoms with E-state index in [4.69, 9.17) is 32.7 Å². The summed E-state index contributed by atoms with van der Waals surface area (Å²) < 4.78 is 11.2. The average molecular weight is 445 g/mol. The maximum atomic E-state index is 12.7. The Kier molecular flexibility index (Phi) is 7.94. The largest absolute Gasteiger partial charge is 0.497 e. The Balaban J connectivity index is 1.63. The number of methoxy groups -OCH3 is 1. The number of carbonyl (C=O) groups excluding carboxylic acids is 1. The van der Waals surface area contributed by atoms with E-state index >= 15 is 0 Å². The highest BCUT2D eigenvalue weighted by Crippen LogP contribution is 2.26. The zero-order valence-electron chi connectivity index (χ0n) is 16.5. The van der Waals surface area contributed by atoms with E-state index in [9.17, 15) is 4.79 Å². The third-order valence-corrected chi connectivity index (χ3v) is 5.06. The lowest BCUT2D eigenvalue weighted by Gasteiger charge is -2.14. The average Bonchev–Trinajstić information content (AvgIpc) is 2.76. The van der Waals surface area contributed by atoms with Crippen LogP contribution in [-0.4, -0.2) is 31.2 Å². The first-order chi connectivity index (χ1) is 14.6. The van der Waals surface area contributed by atoms with E-state index in [-0.39, 0.29) is 5.91 Å². The van der Waals surface area contributed by atoms with Gasteiger partial charge in [-0.15, -0.1) is 0 Å². The predicted octanol–water partition coefficient (Wildman–Crippen LogP) is 4.99. The highest BCUT2D eigenvalue weighted by molar-refractivity contribution is 6.35. The number of carbonyl (C=O) groups is 1. The molecule has 7 heteroatoms. The first-order valence-corrected chi connectivity index (χ1v) is 10.3. The summed E-state index contributed by atoms with van der Waals surface area (Å²) in [5.74, 6) is 0.849. The molecule has 0 saturated carbocycles. The van der Waals surface area contributed by atoms with Gasteiger partial charge in [0.25, 0.3) is 5.91 Å². The number of ether oxygens (including phenoxy) is 2. The molecule has 1 aromatic heterocycles. The van der Waals surface area contributed by atoms with Gasteiger partial charge in [-0.3, -0.25) is 9.78 Å². The molecule has 156 valence electrons. The highest BCUT2D eigenvalue weighted by Gasteiger charge is 2.14. The summed E-state index contributed by atoms with van der Waals surface area (Å²) in [6.07, 6.45) is 2.96. The van der Waals surface area contributed by atoms with Crippen LogP contribution in [-0.2, 0) is 12.8 Å². The van der Waals surface area contributed by atoms with E-state index in [1.54, 1.807) is 43.6 Å². The molecule has 1 N–H and O–H groups in total. The smallest absolute Gasteiger partial charge is 0.255 e. The molecular weight excluding hydrogens is 423 g/mol. The van der Waals surface area contributed by atoms with Crippen molar-refractivity contribution < 1.29 is 14.3 Å². The Morgan fingerprint density at radius 1 is 1.07 bits per heavy atom. The van der Waals surface area contributed by atoms with E-state index < -0.39 is 0 Å². The van der Waals surface area contributed by atoms with Crippen molar-refractivity contribution in [2.45, 2.75) is 12.8 Å². The molecule has 30 heavy (non-hydrogen) atoms. The minimum absolute atomic E-state index is 0.215. The van der Waals surface area contributed by atoms with Crippen LogP contribution in [0.25, 0.3) is 0 Å². The molecule has 1 amide bonds. The van der Waals surface area contributed by atoms with Gasteiger partial charge >= 0.3 is 0 Å². The molecule has 0 spiro atoms. The fraction of sp³-hybridized carbons (Fsp3) is 0.217. The van der Waals surface area contributed by atoms with Gasteiger partial charge in [0.1, 0.15) is 11.5 Å². The van der Waals surface area contributed by atoms with E-state index in [1.807, 2.05) is 24.3 Å². The summed E-state index contributed by atoms with van der Waals surface area (Å²) in [6, 6.07) is 16.2. The molecule has 5 nitrogen and oxygen atoms in total. The Morgan fingerprint density at radius 2 is 1.93 bits per heavy atom. The Morgan fingerprint density at radius 3 is 2.67 bits per heavy atom. The maximum Gasteiger partial charge on any atom is 0.255 e. The summed E-state index contributed by atoms with van der Waals surface area (Å²) in [6.45, 7) is 0.824. The number of rotatable bonds is 9. The molecular formula is C23H22Cl2N2O3. The van der Waals surface area contributed by atoms with Crippen LogP contribution in [0.2, 0.25) is 10.0 Å². The number of nitrogens with one attached hydrogen (secondary N) is 1. The maximum absolute atomic E-state index is 12.7. The van der Waals surface area contributed by atoms with Crippen molar-refractivity contribution in [1.82, 2.24) is 10.3 Å². The van der Waals surface area contributed by atoms with Crippen LogP contribution in [0.3, 0.4) is 0 Å². The molecule has 0 aliphatic heterocycles. The lowest BCUT2D eigenvalue weighted by Crippen LogP contribution is -2.26. The van der Waals surface area contributed by atoms with Gasteiger partial charge in [-0.05, 0) is 42.0 Å². The van der Waals surface area contributed by atoms with Crippen molar-refractivity contribution in [2.75, 3.05) is 20.3 Å². The van der Waals surface area contributed by atoms with Crippen LogP contribution in [0.4, 0.5) is 0 Å². The molecule has 1 heterocycles. The molecule has 0 atom stereocenters. The second kappa shape index (κ2) is 10.9. The van der Waals surface area contributed by atoms with Gasteiger partial charge in [-0.25, -0.2) is 0 Å². The van der Waals surface area contributed by atoms with Crippen molar-refractivity contribution in [3.8, 4) is 11.5 Å². The number of pyridine rings is 1. The number of amides is 1. The molecule has 0 unspecified atom stereocenters. The third kappa shape index (κ3) is 6.12. The highest BCUT2D eigenvalue weighted by atomic mass is 35.5. The van der Waals surface area contributed by atoms with Crippen molar-refractivity contribution in [2.24, 2.45) is 0 Å². The number of halogens is 2. The molecule has 0 aliphatic rings. The summed E-state index contributed by atoms with van der Waals surface area (Å²) in [5, 5.41) is 4.09. The lowest BCUT2D eigenvalue weighted by molar-refractivity contribution is 0.0950. The molecule has 3 aromatic rings. The van der Waals surface area contributed by atoms with Crippen LogP contribution in [0.15, 0.2) is 60.8 Å². The minimum atomic E-state index is -0.215. The monoisotopic (exact) mass is 444 g/mol. The SMILES string of the molecule is COc1ccc(C(=O)NCCc2ccccn2)c(OCCc2ccc(Cl)cc2Cl)c1. The normalized spacial score (nSPS) is 10.5. The van der Waals surface area contributed by atoms with Gasteiger partial charge < -0.3 is 14.8 Å². The first kappa shape index (κ1) is 21.9. The number of benzene rings is 2. The molecule has 0 bridgehead atoms. The van der Waals surface area contributed by atoms with Gasteiger partial charge in [0.05, 0.1) is 19.3 Å². The van der Waals surface area contributed by atoms with Crippen LogP contribution in [0, 0.1) is 0 Å². The molecule has 0 fully saturated rings. The van der Waals surface area contributed by atoms with Crippen LogP contribution in [0.5, 0.6) is 11.5 Å². The van der Waals surface area contributed by atoms with Gasteiger partial charge in [0, 0.05) is 47.4 Å². The third-order valence-electron chi connectivity index (χ3n) is 4.47. The number of hydrogen-bond acceptors (Lipinski definition) is 4. The number of aromatic nitrogens is 1. The Labute approximate surface area is 185 Å². The fourth-order valence-corrected chi connectivity index (χ4v) is 3.38. The summed E-state index contributed by atoms with van der Waals surface area (Å²) >= 11 is 12.2.